The topological polar surface area (TPSA) is 60.1 Å². The molecule has 96 valence electrons. The predicted octanol–water partition coefficient (Wildman–Crippen LogP) is 2.73. The Bertz CT molecular complexity index is 755. The van der Waals surface area contributed by atoms with Crippen molar-refractivity contribution in [3.05, 3.63) is 47.9 Å². The largest absolute Gasteiger partial charge is 0.451 e. The molecule has 0 saturated heterocycles. The van der Waals surface area contributed by atoms with Crippen molar-refractivity contribution in [1.29, 1.82) is 0 Å². The summed E-state index contributed by atoms with van der Waals surface area (Å²) >= 11 is 0. The van der Waals surface area contributed by atoms with Crippen LogP contribution in [0, 0.1) is 6.92 Å². The van der Waals surface area contributed by atoms with E-state index in [9.17, 15) is 4.79 Å². The van der Waals surface area contributed by atoms with Gasteiger partial charge in [-0.15, -0.1) is 0 Å². The maximum absolute atomic E-state index is 12.2. The second-order valence-corrected chi connectivity index (χ2v) is 4.38. The number of carbonyl (C=O) groups is 1. The first-order valence-corrected chi connectivity index (χ1v) is 5.94. The van der Waals surface area contributed by atoms with Crippen molar-refractivity contribution in [2.45, 2.75) is 6.92 Å². The van der Waals surface area contributed by atoms with Gasteiger partial charge in [0, 0.05) is 30.3 Å². The van der Waals surface area contributed by atoms with Gasteiger partial charge in [-0.25, -0.2) is 0 Å². The molecular formula is C14H13N3O2. The number of amides is 1. The molecule has 0 aliphatic rings. The summed E-state index contributed by atoms with van der Waals surface area (Å²) in [6, 6.07) is 9.32. The Balaban J connectivity index is 1.95. The Labute approximate surface area is 109 Å². The van der Waals surface area contributed by atoms with Gasteiger partial charge in [0.05, 0.1) is 0 Å². The normalized spacial score (nSPS) is 10.8. The van der Waals surface area contributed by atoms with Gasteiger partial charge in [-0.2, -0.15) is 5.10 Å². The molecule has 0 bridgehead atoms. The molecule has 0 atom stereocenters. The predicted molar refractivity (Wildman–Crippen MR) is 72.1 cm³/mol. The zero-order valence-electron chi connectivity index (χ0n) is 10.7. The van der Waals surface area contributed by atoms with Crippen molar-refractivity contribution in [2.75, 3.05) is 5.32 Å². The van der Waals surface area contributed by atoms with Crippen LogP contribution in [0.1, 0.15) is 16.1 Å². The first-order valence-electron chi connectivity index (χ1n) is 5.94. The average molecular weight is 255 g/mol. The Hall–Kier alpha value is -2.56. The molecule has 0 aliphatic heterocycles. The van der Waals surface area contributed by atoms with Gasteiger partial charge >= 0.3 is 0 Å². The van der Waals surface area contributed by atoms with E-state index in [4.69, 9.17) is 4.42 Å². The number of carbonyl (C=O) groups excluding carboxylic acids is 1. The summed E-state index contributed by atoms with van der Waals surface area (Å²) in [5.41, 5.74) is 1.55. The van der Waals surface area contributed by atoms with Crippen LogP contribution < -0.4 is 5.32 Å². The summed E-state index contributed by atoms with van der Waals surface area (Å²) < 4.78 is 7.22. The van der Waals surface area contributed by atoms with E-state index in [2.05, 4.69) is 10.4 Å². The van der Waals surface area contributed by atoms with Gasteiger partial charge in [0.1, 0.15) is 5.58 Å². The zero-order chi connectivity index (χ0) is 13.4. The third-order valence-corrected chi connectivity index (χ3v) is 3.01. The summed E-state index contributed by atoms with van der Waals surface area (Å²) in [5, 5.41) is 7.77. The summed E-state index contributed by atoms with van der Waals surface area (Å²) in [4.78, 5) is 12.2. The van der Waals surface area contributed by atoms with Crippen LogP contribution in [-0.2, 0) is 7.05 Å². The monoisotopic (exact) mass is 255 g/mol. The van der Waals surface area contributed by atoms with Crippen molar-refractivity contribution < 1.29 is 9.21 Å². The van der Waals surface area contributed by atoms with E-state index in [-0.39, 0.29) is 5.91 Å². The third-order valence-electron chi connectivity index (χ3n) is 3.01. The van der Waals surface area contributed by atoms with Gasteiger partial charge in [-0.3, -0.25) is 9.48 Å². The number of hydrogen-bond donors (Lipinski definition) is 1. The highest BCUT2D eigenvalue weighted by Gasteiger charge is 2.17. The number of benzene rings is 1. The van der Waals surface area contributed by atoms with Crippen LogP contribution in [-0.4, -0.2) is 15.7 Å². The van der Waals surface area contributed by atoms with Crippen LogP contribution in [0.2, 0.25) is 0 Å². The van der Waals surface area contributed by atoms with Crippen LogP contribution in [0.15, 0.2) is 40.9 Å². The number of para-hydroxylation sites is 1. The quantitative estimate of drug-likeness (QED) is 0.766. The molecule has 1 N–H and O–H groups in total. The Morgan fingerprint density at radius 3 is 2.79 bits per heavy atom. The van der Waals surface area contributed by atoms with Gasteiger partial charge in [-0.05, 0) is 13.0 Å². The zero-order valence-corrected chi connectivity index (χ0v) is 10.7. The van der Waals surface area contributed by atoms with Gasteiger partial charge in [0.25, 0.3) is 5.91 Å². The van der Waals surface area contributed by atoms with E-state index in [0.29, 0.717) is 17.2 Å². The maximum atomic E-state index is 12.2. The molecule has 19 heavy (non-hydrogen) atoms. The molecule has 3 rings (SSSR count). The second-order valence-electron chi connectivity index (χ2n) is 4.38. The molecule has 1 aromatic carbocycles. The molecule has 2 aromatic heterocycles. The van der Waals surface area contributed by atoms with Crippen LogP contribution in [0.25, 0.3) is 11.0 Å². The molecule has 0 saturated carbocycles. The molecular weight excluding hydrogens is 242 g/mol. The summed E-state index contributed by atoms with van der Waals surface area (Å²) in [6.07, 6.45) is 1.76. The highest BCUT2D eigenvalue weighted by Crippen LogP contribution is 2.25. The lowest BCUT2D eigenvalue weighted by Crippen LogP contribution is -2.12. The molecule has 0 fully saturated rings. The molecule has 0 unspecified atom stereocenters. The molecule has 0 aliphatic carbocycles. The molecule has 2 heterocycles. The van der Waals surface area contributed by atoms with E-state index in [1.54, 1.807) is 24.0 Å². The van der Waals surface area contributed by atoms with E-state index in [1.165, 1.54) is 0 Å². The highest BCUT2D eigenvalue weighted by atomic mass is 16.3. The standard InChI is InChI=1S/C14H13N3O2/c1-9-10-5-3-4-6-11(10)19-13(9)14(18)15-12-7-8-17(2)16-12/h3-8H,1-2H3,(H,15,16,18). The van der Waals surface area contributed by atoms with E-state index < -0.39 is 0 Å². The Morgan fingerprint density at radius 2 is 2.11 bits per heavy atom. The fourth-order valence-electron chi connectivity index (χ4n) is 2.05. The first kappa shape index (κ1) is 11.5. The van der Waals surface area contributed by atoms with Gasteiger partial charge in [0.2, 0.25) is 0 Å². The number of anilines is 1. The minimum Gasteiger partial charge on any atom is -0.451 e. The summed E-state index contributed by atoms with van der Waals surface area (Å²) in [6.45, 7) is 1.87. The van der Waals surface area contributed by atoms with Gasteiger partial charge in [-0.1, -0.05) is 18.2 Å². The number of nitrogens with zero attached hydrogens (tertiary/aromatic N) is 2. The minimum absolute atomic E-state index is 0.285. The van der Waals surface area contributed by atoms with Crippen molar-refractivity contribution in [3.63, 3.8) is 0 Å². The van der Waals surface area contributed by atoms with Gasteiger partial charge in [0.15, 0.2) is 11.6 Å². The van der Waals surface area contributed by atoms with E-state index in [1.807, 2.05) is 31.2 Å². The van der Waals surface area contributed by atoms with E-state index in [0.717, 1.165) is 10.9 Å². The van der Waals surface area contributed by atoms with Crippen molar-refractivity contribution in [2.24, 2.45) is 7.05 Å². The number of aryl methyl sites for hydroxylation is 2. The number of furan rings is 1. The number of aromatic nitrogens is 2. The minimum atomic E-state index is -0.285. The Kier molecular flexibility index (Phi) is 2.59. The van der Waals surface area contributed by atoms with Crippen molar-refractivity contribution >= 4 is 22.7 Å². The van der Waals surface area contributed by atoms with Crippen LogP contribution >= 0.6 is 0 Å². The summed E-state index contributed by atoms with van der Waals surface area (Å²) in [5.74, 6) is 0.548. The second kappa shape index (κ2) is 4.28. The van der Waals surface area contributed by atoms with Crippen molar-refractivity contribution in [1.82, 2.24) is 9.78 Å². The lowest BCUT2D eigenvalue weighted by molar-refractivity contribution is 0.0997. The molecule has 1 amide bonds. The average Bonchev–Trinajstić information content (AvgIpc) is 2.94. The SMILES string of the molecule is Cc1c(C(=O)Nc2ccn(C)n2)oc2ccccc12. The number of rotatable bonds is 2. The smallest absolute Gasteiger partial charge is 0.292 e. The first-order chi connectivity index (χ1) is 9.15. The Morgan fingerprint density at radius 1 is 1.32 bits per heavy atom. The lowest BCUT2D eigenvalue weighted by atomic mass is 10.1. The van der Waals surface area contributed by atoms with Crippen molar-refractivity contribution in [3.8, 4) is 0 Å². The molecule has 3 aromatic rings. The molecule has 0 spiro atoms. The number of hydrogen-bond acceptors (Lipinski definition) is 3. The summed E-state index contributed by atoms with van der Waals surface area (Å²) in [7, 11) is 1.79. The number of fused-ring (bicyclic) bond motifs is 1. The van der Waals surface area contributed by atoms with E-state index >= 15 is 0 Å². The van der Waals surface area contributed by atoms with Gasteiger partial charge < -0.3 is 9.73 Å². The fourth-order valence-corrected chi connectivity index (χ4v) is 2.05. The maximum Gasteiger partial charge on any atom is 0.292 e. The number of nitrogens with one attached hydrogen (secondary N) is 1. The fraction of sp³-hybridized carbons (Fsp3) is 0.143. The van der Waals surface area contributed by atoms with Crippen LogP contribution in [0.4, 0.5) is 5.82 Å². The lowest BCUT2D eigenvalue weighted by Gasteiger charge is -1.99. The highest BCUT2D eigenvalue weighted by molar-refractivity contribution is 6.05. The third kappa shape index (κ3) is 1.99. The van der Waals surface area contributed by atoms with Crippen LogP contribution in [0.5, 0.6) is 0 Å². The van der Waals surface area contributed by atoms with Crippen LogP contribution in [0.3, 0.4) is 0 Å². The molecule has 5 heteroatoms. The molecule has 5 nitrogen and oxygen atoms in total. The molecule has 0 radical (unpaired) electrons.